The van der Waals surface area contributed by atoms with E-state index in [0.717, 1.165) is 37.4 Å². The van der Waals surface area contributed by atoms with Crippen LogP contribution in [0.4, 0.5) is 0 Å². The molecule has 4 rings (SSSR count). The van der Waals surface area contributed by atoms with Gasteiger partial charge in [0.25, 0.3) is 5.91 Å². The highest BCUT2D eigenvalue weighted by Crippen LogP contribution is 2.40. The van der Waals surface area contributed by atoms with E-state index in [2.05, 4.69) is 56.0 Å². The summed E-state index contributed by atoms with van der Waals surface area (Å²) in [6, 6.07) is 6.48. The molecule has 1 heterocycles. The quantitative estimate of drug-likeness (QED) is 0.620. The van der Waals surface area contributed by atoms with Crippen molar-refractivity contribution >= 4 is 17.5 Å². The third-order valence-electron chi connectivity index (χ3n) is 7.30. The fourth-order valence-electron chi connectivity index (χ4n) is 4.87. The molecule has 0 spiro atoms. The highest BCUT2D eigenvalue weighted by atomic mass is 35.5. The molecule has 4 nitrogen and oxygen atoms in total. The van der Waals surface area contributed by atoms with Crippen molar-refractivity contribution in [2.75, 3.05) is 26.2 Å². The van der Waals surface area contributed by atoms with E-state index in [1.165, 1.54) is 27.8 Å². The third kappa shape index (κ3) is 4.88. The van der Waals surface area contributed by atoms with Crippen LogP contribution in [0.1, 0.15) is 63.6 Å². The SMILES string of the molecule is CC/C(C)=C/C=C\C1=C(C)C(N2CCN(C(=O)C3(O)CC3)CC2)c2ccc(Cl)cc2CC1. The molecule has 1 saturated carbocycles. The molecule has 1 aromatic carbocycles. The summed E-state index contributed by atoms with van der Waals surface area (Å²) in [7, 11) is 0. The molecule has 5 heteroatoms. The molecular weight excluding hydrogens is 420 g/mol. The first-order chi connectivity index (χ1) is 15.3. The van der Waals surface area contributed by atoms with Crippen molar-refractivity contribution in [1.29, 1.82) is 0 Å². The molecule has 32 heavy (non-hydrogen) atoms. The first kappa shape index (κ1) is 23.3. The van der Waals surface area contributed by atoms with Crippen LogP contribution >= 0.6 is 11.6 Å². The summed E-state index contributed by atoms with van der Waals surface area (Å²) in [5, 5.41) is 11.0. The van der Waals surface area contributed by atoms with Gasteiger partial charge < -0.3 is 10.0 Å². The standard InChI is InChI=1S/C27H35ClN2O2/c1-4-19(2)6-5-7-21-8-9-22-18-23(28)10-11-24(22)25(20(21)3)29-14-16-30(17-15-29)26(31)27(32)12-13-27/h5-7,10-11,18,25,32H,4,8-9,12-17H2,1-3H3/b7-5-,19-6+. The summed E-state index contributed by atoms with van der Waals surface area (Å²) >= 11 is 6.36. The van der Waals surface area contributed by atoms with Crippen molar-refractivity contribution in [1.82, 2.24) is 9.80 Å². The lowest BCUT2D eigenvalue weighted by Gasteiger charge is -2.41. The number of benzene rings is 1. The number of carbonyl (C=O) groups excluding carboxylic acids is 1. The van der Waals surface area contributed by atoms with E-state index < -0.39 is 5.60 Å². The molecule has 3 aliphatic rings. The summed E-state index contributed by atoms with van der Waals surface area (Å²) < 4.78 is 0. The number of piperazine rings is 1. The summed E-state index contributed by atoms with van der Waals surface area (Å²) in [6.07, 6.45) is 10.9. The van der Waals surface area contributed by atoms with Gasteiger partial charge in [-0.1, -0.05) is 48.4 Å². The molecule has 172 valence electrons. The van der Waals surface area contributed by atoms with E-state index in [9.17, 15) is 9.90 Å². The molecule has 0 radical (unpaired) electrons. The Labute approximate surface area is 197 Å². The van der Waals surface area contributed by atoms with Gasteiger partial charge in [-0.15, -0.1) is 0 Å². The topological polar surface area (TPSA) is 43.8 Å². The Morgan fingerprint density at radius 3 is 2.59 bits per heavy atom. The number of hydrogen-bond acceptors (Lipinski definition) is 3. The van der Waals surface area contributed by atoms with Crippen LogP contribution in [0.5, 0.6) is 0 Å². The van der Waals surface area contributed by atoms with Crippen molar-refractivity contribution < 1.29 is 9.90 Å². The number of fused-ring (bicyclic) bond motifs is 1. The fraction of sp³-hybridized carbons (Fsp3) is 0.519. The first-order valence-electron chi connectivity index (χ1n) is 11.9. The zero-order chi connectivity index (χ0) is 22.9. The monoisotopic (exact) mass is 454 g/mol. The lowest BCUT2D eigenvalue weighted by molar-refractivity contribution is -0.144. The molecule has 0 bridgehead atoms. The summed E-state index contributed by atoms with van der Waals surface area (Å²) in [4.78, 5) is 16.9. The van der Waals surface area contributed by atoms with Crippen molar-refractivity contribution in [2.45, 2.75) is 64.5 Å². The van der Waals surface area contributed by atoms with E-state index in [1.54, 1.807) is 0 Å². The van der Waals surface area contributed by atoms with Crippen molar-refractivity contribution in [3.05, 3.63) is 69.3 Å². The van der Waals surface area contributed by atoms with E-state index in [0.29, 0.717) is 25.9 Å². The molecule has 1 N–H and O–H groups in total. The van der Waals surface area contributed by atoms with Gasteiger partial charge in [0.15, 0.2) is 0 Å². The molecular formula is C27H35ClN2O2. The minimum Gasteiger partial charge on any atom is -0.380 e. The number of aryl methyl sites for hydroxylation is 1. The smallest absolute Gasteiger partial charge is 0.254 e. The van der Waals surface area contributed by atoms with Crippen LogP contribution in [-0.2, 0) is 11.2 Å². The summed E-state index contributed by atoms with van der Waals surface area (Å²) in [5.74, 6) is -0.0841. The van der Waals surface area contributed by atoms with Gasteiger partial charge in [-0.05, 0) is 80.4 Å². The molecule has 1 atom stereocenters. The number of rotatable bonds is 5. The van der Waals surface area contributed by atoms with E-state index in [-0.39, 0.29) is 11.9 Å². The van der Waals surface area contributed by atoms with Gasteiger partial charge in [0.05, 0.1) is 6.04 Å². The van der Waals surface area contributed by atoms with Gasteiger partial charge in [0, 0.05) is 31.2 Å². The van der Waals surface area contributed by atoms with E-state index in [1.807, 2.05) is 11.0 Å². The van der Waals surface area contributed by atoms with Crippen molar-refractivity contribution in [3.63, 3.8) is 0 Å². The van der Waals surface area contributed by atoms with Crippen LogP contribution in [0, 0.1) is 0 Å². The molecule has 2 aliphatic carbocycles. The van der Waals surface area contributed by atoms with Gasteiger partial charge in [0.1, 0.15) is 5.60 Å². The van der Waals surface area contributed by atoms with Crippen molar-refractivity contribution in [2.24, 2.45) is 0 Å². The lowest BCUT2D eigenvalue weighted by Crippen LogP contribution is -2.53. The van der Waals surface area contributed by atoms with Crippen molar-refractivity contribution in [3.8, 4) is 0 Å². The second kappa shape index (κ2) is 9.54. The first-order valence-corrected chi connectivity index (χ1v) is 12.3. The number of carbonyl (C=O) groups is 1. The predicted octanol–water partition coefficient (Wildman–Crippen LogP) is 5.23. The van der Waals surface area contributed by atoms with Crippen LogP contribution in [0.15, 0.2) is 53.1 Å². The van der Waals surface area contributed by atoms with Crippen LogP contribution in [0.25, 0.3) is 0 Å². The highest BCUT2D eigenvalue weighted by molar-refractivity contribution is 6.30. The molecule has 1 unspecified atom stereocenters. The van der Waals surface area contributed by atoms with Crippen LogP contribution in [-0.4, -0.2) is 52.6 Å². The van der Waals surface area contributed by atoms with Gasteiger partial charge in [-0.2, -0.15) is 0 Å². The van der Waals surface area contributed by atoms with Crippen LogP contribution in [0.2, 0.25) is 5.02 Å². The third-order valence-corrected chi connectivity index (χ3v) is 7.54. The second-order valence-corrected chi connectivity index (χ2v) is 9.98. The van der Waals surface area contributed by atoms with Gasteiger partial charge in [-0.3, -0.25) is 9.69 Å². The number of nitrogens with zero attached hydrogens (tertiary/aromatic N) is 2. The zero-order valence-electron chi connectivity index (χ0n) is 19.5. The number of aliphatic hydroxyl groups is 1. The zero-order valence-corrected chi connectivity index (χ0v) is 20.3. The average molecular weight is 455 g/mol. The maximum atomic E-state index is 12.6. The highest BCUT2D eigenvalue weighted by Gasteiger charge is 2.50. The Bertz CT molecular complexity index is 966. The van der Waals surface area contributed by atoms with Gasteiger partial charge in [0.2, 0.25) is 0 Å². The predicted molar refractivity (Wildman–Crippen MR) is 131 cm³/mol. The van der Waals surface area contributed by atoms with Gasteiger partial charge in [-0.25, -0.2) is 0 Å². The van der Waals surface area contributed by atoms with Crippen LogP contribution in [0.3, 0.4) is 0 Å². The average Bonchev–Trinajstić information content (AvgIpc) is 3.56. The lowest BCUT2D eigenvalue weighted by atomic mass is 9.93. The molecule has 1 amide bonds. The minimum atomic E-state index is -1.08. The summed E-state index contributed by atoms with van der Waals surface area (Å²) in [6.45, 7) is 9.54. The molecule has 1 aliphatic heterocycles. The minimum absolute atomic E-state index is 0.0841. The van der Waals surface area contributed by atoms with E-state index in [4.69, 9.17) is 11.6 Å². The number of allylic oxidation sites excluding steroid dienone is 5. The molecule has 1 saturated heterocycles. The Morgan fingerprint density at radius 2 is 1.94 bits per heavy atom. The normalized spacial score (nSPS) is 24.0. The maximum absolute atomic E-state index is 12.6. The Hall–Kier alpha value is -1.88. The van der Waals surface area contributed by atoms with E-state index >= 15 is 0 Å². The van der Waals surface area contributed by atoms with Gasteiger partial charge >= 0.3 is 0 Å². The largest absolute Gasteiger partial charge is 0.380 e. The fourth-order valence-corrected chi connectivity index (χ4v) is 5.07. The second-order valence-electron chi connectivity index (χ2n) is 9.54. The maximum Gasteiger partial charge on any atom is 0.254 e. The Balaban J connectivity index is 1.60. The molecule has 0 aromatic heterocycles. The number of hydrogen-bond donors (Lipinski definition) is 1. The van der Waals surface area contributed by atoms with Crippen LogP contribution < -0.4 is 0 Å². The molecule has 1 aromatic rings. The Morgan fingerprint density at radius 1 is 1.22 bits per heavy atom. The Kier molecular flexibility index (Phi) is 6.94. The number of halogens is 1. The summed E-state index contributed by atoms with van der Waals surface area (Å²) in [5.41, 5.74) is 5.70. The number of amides is 1. The molecule has 2 fully saturated rings.